The first-order valence-electron chi connectivity index (χ1n) is 9.05. The summed E-state index contributed by atoms with van der Waals surface area (Å²) in [6.07, 6.45) is -1.75. The molecule has 1 saturated heterocycles. The minimum atomic E-state index is -2.44. The van der Waals surface area contributed by atoms with Crippen LogP contribution >= 0.6 is 0 Å². The summed E-state index contributed by atoms with van der Waals surface area (Å²) in [6, 6.07) is 7.22. The number of methoxy groups -OCH3 is 1. The summed E-state index contributed by atoms with van der Waals surface area (Å²) in [5.41, 5.74) is -5.61. The maximum Gasteiger partial charge on any atom is 0.338 e. The van der Waals surface area contributed by atoms with Crippen LogP contribution in [0.3, 0.4) is 0 Å². The van der Waals surface area contributed by atoms with Crippen molar-refractivity contribution in [3.8, 4) is 0 Å². The molecule has 2 heterocycles. The predicted molar refractivity (Wildman–Crippen MR) is 102 cm³/mol. The zero-order chi connectivity index (χ0) is 22.3. The molecule has 0 saturated carbocycles. The van der Waals surface area contributed by atoms with E-state index in [-0.39, 0.29) is 11.1 Å². The molecule has 1 aliphatic heterocycles. The van der Waals surface area contributed by atoms with Crippen molar-refractivity contribution in [1.29, 1.82) is 0 Å². The Balaban J connectivity index is 2.22. The Morgan fingerprint density at radius 1 is 1.20 bits per heavy atom. The molecule has 0 radical (unpaired) electrons. The molecular weight excluding hydrogens is 399 g/mol. The van der Waals surface area contributed by atoms with Gasteiger partial charge in [-0.25, -0.2) is 14.0 Å². The van der Waals surface area contributed by atoms with Crippen molar-refractivity contribution in [2.45, 2.75) is 44.4 Å². The van der Waals surface area contributed by atoms with Crippen LogP contribution in [0.2, 0.25) is 0 Å². The summed E-state index contributed by atoms with van der Waals surface area (Å²) in [5.74, 6) is -1.47. The average molecular weight is 420 g/mol. The fourth-order valence-corrected chi connectivity index (χ4v) is 3.67. The highest BCUT2D eigenvalue weighted by Crippen LogP contribution is 2.56. The monoisotopic (exact) mass is 420 g/mol. The zero-order valence-electron chi connectivity index (χ0n) is 16.8. The van der Waals surface area contributed by atoms with Crippen LogP contribution in [0.1, 0.15) is 49.0 Å². The quantitative estimate of drug-likeness (QED) is 0.748. The van der Waals surface area contributed by atoms with E-state index in [0.717, 1.165) is 30.7 Å². The second kappa shape index (κ2) is 7.52. The molecule has 10 heteroatoms. The van der Waals surface area contributed by atoms with Crippen molar-refractivity contribution in [3.63, 3.8) is 0 Å². The van der Waals surface area contributed by atoms with Gasteiger partial charge in [-0.3, -0.25) is 19.1 Å². The van der Waals surface area contributed by atoms with Gasteiger partial charge in [-0.05, 0) is 25.5 Å². The molecule has 1 N–H and O–H groups in total. The number of aromatic nitrogens is 2. The molecule has 1 aliphatic rings. The van der Waals surface area contributed by atoms with Crippen LogP contribution in [0.5, 0.6) is 0 Å². The molecule has 30 heavy (non-hydrogen) atoms. The molecule has 9 nitrogen and oxygen atoms in total. The highest BCUT2D eigenvalue weighted by Gasteiger charge is 2.67. The van der Waals surface area contributed by atoms with Crippen molar-refractivity contribution in [1.82, 2.24) is 9.55 Å². The van der Waals surface area contributed by atoms with Gasteiger partial charge in [-0.15, -0.1) is 0 Å². The minimum Gasteiger partial charge on any atom is -0.465 e. The average Bonchev–Trinajstić information content (AvgIpc) is 2.87. The van der Waals surface area contributed by atoms with Gasteiger partial charge in [0.15, 0.2) is 17.5 Å². The first-order chi connectivity index (χ1) is 14.0. The molecule has 3 rings (SSSR count). The molecule has 4 atom stereocenters. The van der Waals surface area contributed by atoms with Crippen LogP contribution < -0.4 is 11.2 Å². The third-order valence-corrected chi connectivity index (χ3v) is 5.31. The Bertz CT molecular complexity index is 1110. The summed E-state index contributed by atoms with van der Waals surface area (Å²) in [4.78, 5) is 49.8. The summed E-state index contributed by atoms with van der Waals surface area (Å²) in [7, 11) is 1.20. The van der Waals surface area contributed by atoms with E-state index in [1.54, 1.807) is 12.1 Å². The number of benzene rings is 1. The number of carbonyl (C=O) groups is 2. The number of nitrogens with one attached hydrogen (secondary N) is 1. The van der Waals surface area contributed by atoms with Crippen molar-refractivity contribution in [2.75, 3.05) is 7.11 Å². The number of aromatic amines is 1. The van der Waals surface area contributed by atoms with Gasteiger partial charge in [0.1, 0.15) is 6.10 Å². The molecule has 0 spiro atoms. The molecule has 0 bridgehead atoms. The van der Waals surface area contributed by atoms with Crippen molar-refractivity contribution in [3.05, 3.63) is 68.5 Å². The number of hydrogen-bond acceptors (Lipinski definition) is 7. The summed E-state index contributed by atoms with van der Waals surface area (Å²) in [6.45, 7) is 3.56. The Hall–Kier alpha value is -3.27. The maximum absolute atomic E-state index is 16.2. The number of carbonyl (C=O) groups excluding carboxylic acids is 2. The standard InChI is InChI=1S/C20H21FN2O7/c1-11(24)30-20(3)15(12-7-5-6-8-13(12)16(26)28-4)29-17(19(20,2)21)23-10-9-14(25)22-18(23)27/h5-10,15,17H,1-4H3,(H,22,25,27)/t15-,17?,19+,20?/m1/s1. The van der Waals surface area contributed by atoms with Gasteiger partial charge >= 0.3 is 17.6 Å². The van der Waals surface area contributed by atoms with E-state index in [1.165, 1.54) is 26.2 Å². The van der Waals surface area contributed by atoms with Crippen LogP contribution in [0.15, 0.2) is 46.1 Å². The third kappa shape index (κ3) is 3.32. The Kier molecular flexibility index (Phi) is 5.38. The number of hydrogen-bond donors (Lipinski definition) is 1. The van der Waals surface area contributed by atoms with Crippen molar-refractivity contribution >= 4 is 11.9 Å². The van der Waals surface area contributed by atoms with Crippen LogP contribution in [0.25, 0.3) is 0 Å². The first kappa shape index (κ1) is 21.4. The van der Waals surface area contributed by atoms with Crippen LogP contribution in [0.4, 0.5) is 4.39 Å². The molecule has 160 valence electrons. The van der Waals surface area contributed by atoms with E-state index in [1.807, 2.05) is 4.98 Å². The van der Waals surface area contributed by atoms with Crippen LogP contribution in [-0.4, -0.2) is 39.9 Å². The number of nitrogens with zero attached hydrogens (tertiary/aromatic N) is 1. The van der Waals surface area contributed by atoms with Gasteiger partial charge in [0.25, 0.3) is 5.56 Å². The highest BCUT2D eigenvalue weighted by molar-refractivity contribution is 5.91. The zero-order valence-corrected chi connectivity index (χ0v) is 16.8. The van der Waals surface area contributed by atoms with Crippen molar-refractivity contribution in [2.24, 2.45) is 0 Å². The lowest BCUT2D eigenvalue weighted by Gasteiger charge is -2.37. The highest BCUT2D eigenvalue weighted by atomic mass is 19.1. The summed E-state index contributed by atoms with van der Waals surface area (Å²) >= 11 is 0. The Labute approximate surface area is 170 Å². The van der Waals surface area contributed by atoms with Crippen LogP contribution in [0, 0.1) is 0 Å². The van der Waals surface area contributed by atoms with E-state index in [9.17, 15) is 19.2 Å². The molecule has 2 aromatic rings. The van der Waals surface area contributed by atoms with Gasteiger partial charge in [-0.1, -0.05) is 18.2 Å². The third-order valence-electron chi connectivity index (χ3n) is 5.31. The molecular formula is C20H21FN2O7. The predicted octanol–water partition coefficient (Wildman–Crippen LogP) is 1.64. The topological polar surface area (TPSA) is 117 Å². The second-order valence-electron chi connectivity index (χ2n) is 7.24. The number of ether oxygens (including phenoxy) is 3. The van der Waals surface area contributed by atoms with E-state index >= 15 is 4.39 Å². The van der Waals surface area contributed by atoms with Crippen LogP contribution in [-0.2, 0) is 19.0 Å². The molecule has 2 unspecified atom stereocenters. The fraction of sp³-hybridized carbons (Fsp3) is 0.400. The second-order valence-corrected chi connectivity index (χ2v) is 7.24. The normalized spacial score (nSPS) is 28.2. The van der Waals surface area contributed by atoms with Crippen molar-refractivity contribution < 1.29 is 28.2 Å². The minimum absolute atomic E-state index is 0.0913. The lowest BCUT2D eigenvalue weighted by Crippen LogP contribution is -2.52. The first-order valence-corrected chi connectivity index (χ1v) is 9.05. The Morgan fingerprint density at radius 3 is 2.47 bits per heavy atom. The largest absolute Gasteiger partial charge is 0.465 e. The lowest BCUT2D eigenvalue weighted by atomic mass is 9.80. The van der Waals surface area contributed by atoms with E-state index < -0.39 is 46.8 Å². The van der Waals surface area contributed by atoms with Gasteiger partial charge in [-0.2, -0.15) is 0 Å². The molecule has 0 aliphatic carbocycles. The Morgan fingerprint density at radius 2 is 1.87 bits per heavy atom. The van der Waals surface area contributed by atoms with Gasteiger partial charge < -0.3 is 14.2 Å². The molecule has 1 aromatic heterocycles. The smallest absolute Gasteiger partial charge is 0.338 e. The maximum atomic E-state index is 16.2. The van der Waals surface area contributed by atoms with Gasteiger partial charge in [0.2, 0.25) is 0 Å². The van der Waals surface area contributed by atoms with E-state index in [0.29, 0.717) is 0 Å². The van der Waals surface area contributed by atoms with Gasteiger partial charge in [0.05, 0.1) is 12.7 Å². The summed E-state index contributed by atoms with van der Waals surface area (Å²) < 4.78 is 33.2. The fourth-order valence-electron chi connectivity index (χ4n) is 3.67. The number of esters is 2. The van der Waals surface area contributed by atoms with Gasteiger partial charge in [0, 0.05) is 19.2 Å². The van der Waals surface area contributed by atoms with E-state index in [2.05, 4.69) is 0 Å². The lowest BCUT2D eigenvalue weighted by molar-refractivity contribution is -0.174. The number of rotatable bonds is 4. The molecule has 1 aromatic carbocycles. The molecule has 1 fully saturated rings. The number of H-pyrrole nitrogens is 1. The summed E-state index contributed by atoms with van der Waals surface area (Å²) in [5, 5.41) is 0. The number of halogens is 1. The SMILES string of the molecule is COC(=O)c1ccccc1[C@H]1OC(n2ccc(=O)[nH]c2=O)[C@](C)(F)C1(C)OC(C)=O. The number of alkyl halides is 1. The molecule has 0 amide bonds. The van der Waals surface area contributed by atoms with E-state index in [4.69, 9.17) is 14.2 Å².